The van der Waals surface area contributed by atoms with E-state index in [1.807, 2.05) is 0 Å². The van der Waals surface area contributed by atoms with Gasteiger partial charge in [-0.1, -0.05) is 0 Å². The highest BCUT2D eigenvalue weighted by Gasteiger charge is 2.05. The Kier molecular flexibility index (Phi) is 2.27. The van der Waals surface area contributed by atoms with E-state index in [1.165, 1.54) is 0 Å². The molecule has 0 aromatic heterocycles. The van der Waals surface area contributed by atoms with Crippen molar-refractivity contribution in [3.8, 4) is 0 Å². The highest BCUT2D eigenvalue weighted by atomic mass is 16.4. The highest BCUT2D eigenvalue weighted by molar-refractivity contribution is 5.67. The van der Waals surface area contributed by atoms with E-state index in [-0.39, 0.29) is 12.3 Å². The third-order valence-corrected chi connectivity index (χ3v) is 0.463. The molecule has 0 heterocycles. The summed E-state index contributed by atoms with van der Waals surface area (Å²) >= 11 is 0. The summed E-state index contributed by atoms with van der Waals surface area (Å²) in [7, 11) is 0. The molecule has 0 amide bonds. The number of carboxylic acids is 1. The lowest BCUT2D eigenvalue weighted by atomic mass is 10.1. The number of aliphatic carboxylic acids is 1. The fraction of sp³-hybridized carbons (Fsp3) is 0.400. The fourth-order valence-electron chi connectivity index (χ4n) is 0.247. The molecule has 0 aliphatic heterocycles. The van der Waals surface area contributed by atoms with E-state index in [0.717, 1.165) is 0 Å². The SMILES string of the molecule is [CH2]C([CH2+])CC(=O)O. The van der Waals surface area contributed by atoms with Crippen molar-refractivity contribution in [2.45, 2.75) is 6.42 Å². The quantitative estimate of drug-likeness (QED) is 0.520. The Labute approximate surface area is 43.2 Å². The third kappa shape index (κ3) is 5.34. The minimum Gasteiger partial charge on any atom is -0.481 e. The molecule has 1 N–H and O–H groups in total. The molecule has 2 heteroatoms. The zero-order valence-corrected chi connectivity index (χ0v) is 4.05. The molecule has 7 heavy (non-hydrogen) atoms. The predicted octanol–water partition coefficient (Wildman–Crippen LogP) is 0.745. The summed E-state index contributed by atoms with van der Waals surface area (Å²) < 4.78 is 0. The highest BCUT2D eigenvalue weighted by Crippen LogP contribution is 1.95. The van der Waals surface area contributed by atoms with Crippen molar-refractivity contribution < 1.29 is 9.90 Å². The summed E-state index contributed by atoms with van der Waals surface area (Å²) in [6.45, 7) is 6.77. The first-order valence-corrected chi connectivity index (χ1v) is 2.01. The molecule has 2 nitrogen and oxygen atoms in total. The largest absolute Gasteiger partial charge is 0.481 e. The molecule has 0 saturated heterocycles. The Bertz CT molecular complexity index is 66.5. The molecule has 0 aromatic rings. The van der Waals surface area contributed by atoms with Gasteiger partial charge in [-0.2, -0.15) is 0 Å². The van der Waals surface area contributed by atoms with Crippen molar-refractivity contribution in [2.75, 3.05) is 0 Å². The average molecular weight is 100 g/mol. The van der Waals surface area contributed by atoms with Crippen LogP contribution >= 0.6 is 0 Å². The van der Waals surface area contributed by atoms with Gasteiger partial charge in [0.15, 0.2) is 0 Å². The normalized spacial score (nSPS) is 13.3. The second-order valence-electron chi connectivity index (χ2n) is 1.46. The lowest BCUT2D eigenvalue weighted by molar-refractivity contribution is -0.137. The van der Waals surface area contributed by atoms with Crippen LogP contribution < -0.4 is 0 Å². The number of hydrogen-bond donors (Lipinski definition) is 1. The minimum absolute atomic E-state index is 0.0556. The molecule has 0 rings (SSSR count). The van der Waals surface area contributed by atoms with E-state index in [0.29, 0.717) is 0 Å². The standard InChI is InChI=1S/C5H7O2/c1-4(2)3-5(6)7/h4H,1-3H2/p+1. The molecular formula is C5H8O2+. The lowest BCUT2D eigenvalue weighted by Gasteiger charge is -1.87. The van der Waals surface area contributed by atoms with Crippen LogP contribution in [-0.2, 0) is 4.79 Å². The summed E-state index contributed by atoms with van der Waals surface area (Å²) in [5.74, 6) is -1.06. The van der Waals surface area contributed by atoms with Crippen LogP contribution in [0.4, 0.5) is 0 Å². The zero-order valence-electron chi connectivity index (χ0n) is 4.05. The zero-order chi connectivity index (χ0) is 5.86. The van der Waals surface area contributed by atoms with Gasteiger partial charge in [-0.05, 0) is 6.92 Å². The van der Waals surface area contributed by atoms with Gasteiger partial charge >= 0.3 is 5.97 Å². The van der Waals surface area contributed by atoms with Crippen LogP contribution in [0.25, 0.3) is 0 Å². The molecule has 0 spiro atoms. The van der Waals surface area contributed by atoms with Crippen LogP contribution in [0.1, 0.15) is 6.42 Å². The summed E-state index contributed by atoms with van der Waals surface area (Å²) in [6, 6.07) is 0. The van der Waals surface area contributed by atoms with E-state index in [1.54, 1.807) is 0 Å². The van der Waals surface area contributed by atoms with Crippen molar-refractivity contribution in [2.24, 2.45) is 5.92 Å². The second-order valence-corrected chi connectivity index (χ2v) is 1.46. The molecule has 0 fully saturated rings. The van der Waals surface area contributed by atoms with Gasteiger partial charge in [-0.25, -0.2) is 0 Å². The van der Waals surface area contributed by atoms with Crippen LogP contribution in [0.15, 0.2) is 0 Å². The molecule has 0 aliphatic carbocycles. The average Bonchev–Trinajstić information content (AvgIpc) is 1.27. The smallest absolute Gasteiger partial charge is 0.307 e. The Balaban J connectivity index is 3.13. The van der Waals surface area contributed by atoms with E-state index in [4.69, 9.17) is 5.11 Å². The monoisotopic (exact) mass is 100 g/mol. The molecule has 39 valence electrons. The first kappa shape index (κ1) is 6.34. The first-order chi connectivity index (χ1) is 3.13. The Morgan fingerprint density at radius 2 is 2.43 bits per heavy atom. The molecular weight excluding hydrogens is 92.1 g/mol. The minimum atomic E-state index is -0.838. The van der Waals surface area contributed by atoms with E-state index >= 15 is 0 Å². The maximum atomic E-state index is 9.73. The van der Waals surface area contributed by atoms with Gasteiger partial charge in [0, 0.05) is 0 Å². The maximum absolute atomic E-state index is 9.73. The van der Waals surface area contributed by atoms with Crippen molar-refractivity contribution >= 4 is 5.97 Å². The van der Waals surface area contributed by atoms with Gasteiger partial charge in [0.1, 0.15) is 5.92 Å². The topological polar surface area (TPSA) is 37.3 Å². The van der Waals surface area contributed by atoms with Crippen LogP contribution in [0, 0.1) is 19.8 Å². The van der Waals surface area contributed by atoms with E-state index in [9.17, 15) is 4.79 Å². The van der Waals surface area contributed by atoms with E-state index < -0.39 is 5.97 Å². The molecule has 0 atom stereocenters. The summed E-state index contributed by atoms with van der Waals surface area (Å²) in [5, 5.41) is 8.00. The second kappa shape index (κ2) is 2.50. The van der Waals surface area contributed by atoms with Crippen LogP contribution in [0.3, 0.4) is 0 Å². The maximum Gasteiger partial charge on any atom is 0.307 e. The molecule has 0 aliphatic rings. The third-order valence-electron chi connectivity index (χ3n) is 0.463. The van der Waals surface area contributed by atoms with Gasteiger partial charge in [0.25, 0.3) is 0 Å². The van der Waals surface area contributed by atoms with Crippen LogP contribution in [0.2, 0.25) is 0 Å². The first-order valence-electron chi connectivity index (χ1n) is 2.01. The molecule has 0 aromatic carbocycles. The Morgan fingerprint density at radius 1 is 2.00 bits per heavy atom. The van der Waals surface area contributed by atoms with Gasteiger partial charge in [-0.15, -0.1) is 0 Å². The van der Waals surface area contributed by atoms with Crippen molar-refractivity contribution in [1.82, 2.24) is 0 Å². The van der Waals surface area contributed by atoms with Crippen molar-refractivity contribution in [1.29, 1.82) is 0 Å². The van der Waals surface area contributed by atoms with Crippen molar-refractivity contribution in [3.63, 3.8) is 0 Å². The molecule has 0 saturated carbocycles. The van der Waals surface area contributed by atoms with Crippen LogP contribution in [0.5, 0.6) is 0 Å². The number of hydrogen-bond acceptors (Lipinski definition) is 1. The fourth-order valence-corrected chi connectivity index (χ4v) is 0.247. The Morgan fingerprint density at radius 3 is 2.43 bits per heavy atom. The van der Waals surface area contributed by atoms with Crippen LogP contribution in [-0.4, -0.2) is 11.1 Å². The lowest BCUT2D eigenvalue weighted by Crippen LogP contribution is -1.99. The molecule has 0 unspecified atom stereocenters. The van der Waals surface area contributed by atoms with Gasteiger partial charge < -0.3 is 5.11 Å². The molecule has 1 radical (unpaired) electrons. The summed E-state index contributed by atoms with van der Waals surface area (Å²) in [5.41, 5.74) is 0. The van der Waals surface area contributed by atoms with Crippen molar-refractivity contribution in [3.05, 3.63) is 13.8 Å². The number of carbonyl (C=O) groups is 1. The van der Waals surface area contributed by atoms with Gasteiger partial charge in [0.05, 0.1) is 13.3 Å². The Hall–Kier alpha value is -0.660. The number of carboxylic acid groups (broad SMARTS) is 1. The summed E-state index contributed by atoms with van der Waals surface area (Å²) in [6.07, 6.45) is 0.0556. The number of rotatable bonds is 2. The van der Waals surface area contributed by atoms with Gasteiger partial charge in [0.2, 0.25) is 0 Å². The predicted molar refractivity (Wildman–Crippen MR) is 26.5 cm³/mol. The van der Waals surface area contributed by atoms with E-state index in [2.05, 4.69) is 13.8 Å². The van der Waals surface area contributed by atoms with Gasteiger partial charge in [-0.3, -0.25) is 4.79 Å². The molecule has 0 bridgehead atoms. The summed E-state index contributed by atoms with van der Waals surface area (Å²) in [4.78, 5) is 9.73.